The molecule has 1 aliphatic carbocycles. The van der Waals surface area contributed by atoms with Crippen LogP contribution in [0.5, 0.6) is 5.75 Å². The predicted molar refractivity (Wildman–Crippen MR) is 129 cm³/mol. The van der Waals surface area contributed by atoms with Crippen LogP contribution in [0.15, 0.2) is 36.4 Å². The zero-order valence-electron chi connectivity index (χ0n) is 17.5. The molecule has 0 unspecified atom stereocenters. The van der Waals surface area contributed by atoms with Gasteiger partial charge >= 0.3 is 0 Å². The smallest absolute Gasteiger partial charge is 0.261 e. The van der Waals surface area contributed by atoms with E-state index in [1.807, 2.05) is 0 Å². The third kappa shape index (κ3) is 6.67. The second kappa shape index (κ2) is 11.5. The van der Waals surface area contributed by atoms with Gasteiger partial charge in [0.1, 0.15) is 11.8 Å². The molecule has 0 aromatic heterocycles. The van der Waals surface area contributed by atoms with Gasteiger partial charge in [-0.1, -0.05) is 65.3 Å². The van der Waals surface area contributed by atoms with Crippen molar-refractivity contribution in [2.24, 2.45) is 0 Å². The van der Waals surface area contributed by atoms with Gasteiger partial charge in [0.2, 0.25) is 5.91 Å². The number of nitrogens with zero attached hydrogens (tertiary/aromatic N) is 1. The van der Waals surface area contributed by atoms with Crippen LogP contribution in [-0.4, -0.2) is 35.4 Å². The van der Waals surface area contributed by atoms with Crippen molar-refractivity contribution in [1.82, 2.24) is 10.2 Å². The van der Waals surface area contributed by atoms with E-state index < -0.39 is 6.04 Å². The Hall–Kier alpha value is -1.66. The van der Waals surface area contributed by atoms with Crippen molar-refractivity contribution in [3.8, 4) is 5.75 Å². The highest BCUT2D eigenvalue weighted by molar-refractivity contribution is 6.42. The number of hydrogen-bond acceptors (Lipinski definition) is 3. The molecule has 2 aromatic carbocycles. The van der Waals surface area contributed by atoms with Crippen molar-refractivity contribution in [3.63, 3.8) is 0 Å². The van der Waals surface area contributed by atoms with Crippen LogP contribution in [0, 0.1) is 0 Å². The van der Waals surface area contributed by atoms with Crippen molar-refractivity contribution in [2.75, 3.05) is 6.61 Å². The van der Waals surface area contributed by atoms with E-state index in [2.05, 4.69) is 5.32 Å². The second-order valence-electron chi connectivity index (χ2n) is 7.80. The van der Waals surface area contributed by atoms with Crippen LogP contribution in [0.25, 0.3) is 0 Å². The maximum Gasteiger partial charge on any atom is 0.261 e. The summed E-state index contributed by atoms with van der Waals surface area (Å²) in [6.07, 6.45) is 4.11. The number of amides is 2. The van der Waals surface area contributed by atoms with Gasteiger partial charge in [0.15, 0.2) is 6.61 Å². The van der Waals surface area contributed by atoms with Crippen LogP contribution in [0.4, 0.5) is 0 Å². The van der Waals surface area contributed by atoms with Crippen molar-refractivity contribution >= 4 is 58.2 Å². The Morgan fingerprint density at radius 2 is 1.75 bits per heavy atom. The fraction of sp³-hybridized carbons (Fsp3) is 0.391. The van der Waals surface area contributed by atoms with Gasteiger partial charge in [-0.3, -0.25) is 9.59 Å². The van der Waals surface area contributed by atoms with Crippen molar-refractivity contribution in [2.45, 2.75) is 51.2 Å². The Labute approximate surface area is 207 Å². The van der Waals surface area contributed by atoms with E-state index in [0.29, 0.717) is 25.8 Å². The van der Waals surface area contributed by atoms with Gasteiger partial charge in [0, 0.05) is 17.6 Å². The Bertz CT molecular complexity index is 980. The first-order valence-electron chi connectivity index (χ1n) is 10.4. The van der Waals surface area contributed by atoms with Crippen molar-refractivity contribution in [3.05, 3.63) is 62.1 Å². The number of carbonyl (C=O) groups is 2. The monoisotopic (exact) mass is 516 g/mol. The Morgan fingerprint density at radius 3 is 2.41 bits per heavy atom. The third-order valence-electron chi connectivity index (χ3n) is 5.45. The van der Waals surface area contributed by atoms with Gasteiger partial charge in [-0.2, -0.15) is 0 Å². The standard InChI is InChI=1S/C23H24Cl4N2O3/c1-14(23(31)28-17-4-2-3-5-17)29(12-15-6-8-18(25)19(26)10-15)22(30)13-32-21-9-7-16(24)11-20(21)27/h6-11,14,17H,2-5,12-13H2,1H3,(H,28,31)/t14-/m0/s1. The lowest BCUT2D eigenvalue weighted by Gasteiger charge is -2.29. The molecule has 32 heavy (non-hydrogen) atoms. The van der Waals surface area contributed by atoms with Crippen LogP contribution < -0.4 is 10.1 Å². The maximum atomic E-state index is 13.1. The van der Waals surface area contributed by atoms with Crippen LogP contribution in [-0.2, 0) is 16.1 Å². The molecule has 0 heterocycles. The summed E-state index contributed by atoms with van der Waals surface area (Å²) in [6.45, 7) is 1.59. The van der Waals surface area contributed by atoms with E-state index in [1.54, 1.807) is 37.3 Å². The molecule has 1 aliphatic rings. The molecule has 0 radical (unpaired) electrons. The first-order valence-corrected chi connectivity index (χ1v) is 11.9. The second-order valence-corrected chi connectivity index (χ2v) is 9.46. The largest absolute Gasteiger partial charge is 0.482 e. The highest BCUT2D eigenvalue weighted by Gasteiger charge is 2.29. The summed E-state index contributed by atoms with van der Waals surface area (Å²) >= 11 is 24.2. The molecule has 0 aliphatic heterocycles. The van der Waals surface area contributed by atoms with Crippen molar-refractivity contribution in [1.29, 1.82) is 0 Å². The van der Waals surface area contributed by atoms with Crippen molar-refractivity contribution < 1.29 is 14.3 Å². The molecular formula is C23H24Cl4N2O3. The summed E-state index contributed by atoms with van der Waals surface area (Å²) in [4.78, 5) is 27.5. The van der Waals surface area contributed by atoms with Gasteiger partial charge in [0.05, 0.1) is 15.1 Å². The lowest BCUT2D eigenvalue weighted by Crippen LogP contribution is -2.50. The average molecular weight is 518 g/mol. The predicted octanol–water partition coefficient (Wildman–Crippen LogP) is 6.16. The highest BCUT2D eigenvalue weighted by atomic mass is 35.5. The Kier molecular flexibility index (Phi) is 8.95. The molecule has 2 aromatic rings. The number of carbonyl (C=O) groups excluding carboxylic acids is 2. The minimum atomic E-state index is -0.707. The van der Waals surface area contributed by atoms with Gasteiger partial charge in [-0.15, -0.1) is 0 Å². The number of hydrogen-bond donors (Lipinski definition) is 1. The van der Waals surface area contributed by atoms with E-state index in [1.165, 1.54) is 11.0 Å². The topological polar surface area (TPSA) is 58.6 Å². The molecule has 1 saturated carbocycles. The molecule has 1 fully saturated rings. The third-order valence-corrected chi connectivity index (χ3v) is 6.72. The molecule has 172 valence electrons. The molecule has 1 N–H and O–H groups in total. The average Bonchev–Trinajstić information content (AvgIpc) is 3.26. The van der Waals surface area contributed by atoms with E-state index in [-0.39, 0.29) is 31.0 Å². The fourth-order valence-corrected chi connectivity index (χ4v) is 4.41. The molecule has 0 bridgehead atoms. The number of benzene rings is 2. The number of ether oxygens (including phenoxy) is 1. The summed E-state index contributed by atoms with van der Waals surface area (Å²) in [6, 6.07) is 9.31. The number of nitrogens with one attached hydrogen (secondary N) is 1. The molecule has 3 rings (SSSR count). The molecule has 0 saturated heterocycles. The number of rotatable bonds is 8. The van der Waals surface area contributed by atoms with Crippen LogP contribution in [0.1, 0.15) is 38.2 Å². The Balaban J connectivity index is 1.75. The molecule has 2 amide bonds. The normalized spacial score (nSPS) is 14.8. The van der Waals surface area contributed by atoms with Crippen LogP contribution in [0.2, 0.25) is 20.1 Å². The molecule has 1 atom stereocenters. The minimum absolute atomic E-state index is 0.149. The SMILES string of the molecule is C[C@@H](C(=O)NC1CCCC1)N(Cc1ccc(Cl)c(Cl)c1)C(=O)COc1ccc(Cl)cc1Cl. The molecular weight excluding hydrogens is 494 g/mol. The lowest BCUT2D eigenvalue weighted by molar-refractivity contribution is -0.142. The summed E-state index contributed by atoms with van der Waals surface area (Å²) in [7, 11) is 0. The first-order chi connectivity index (χ1) is 15.2. The molecule has 5 nitrogen and oxygen atoms in total. The zero-order chi connectivity index (χ0) is 23.3. The quantitative estimate of drug-likeness (QED) is 0.456. The van der Waals surface area contributed by atoms with Gasteiger partial charge < -0.3 is 15.0 Å². The van der Waals surface area contributed by atoms with Crippen LogP contribution in [0.3, 0.4) is 0 Å². The van der Waals surface area contributed by atoms with Gasteiger partial charge in [-0.25, -0.2) is 0 Å². The summed E-state index contributed by atoms with van der Waals surface area (Å²) in [5.41, 5.74) is 0.748. The fourth-order valence-electron chi connectivity index (χ4n) is 3.62. The van der Waals surface area contributed by atoms with Crippen LogP contribution >= 0.6 is 46.4 Å². The first kappa shape index (κ1) is 25.0. The van der Waals surface area contributed by atoms with E-state index >= 15 is 0 Å². The van der Waals surface area contributed by atoms with E-state index in [9.17, 15) is 9.59 Å². The maximum absolute atomic E-state index is 13.1. The Morgan fingerprint density at radius 1 is 1.03 bits per heavy atom. The summed E-state index contributed by atoms with van der Waals surface area (Å²) < 4.78 is 5.62. The highest BCUT2D eigenvalue weighted by Crippen LogP contribution is 2.28. The van der Waals surface area contributed by atoms with E-state index in [0.717, 1.165) is 31.2 Å². The summed E-state index contributed by atoms with van der Waals surface area (Å²) in [5, 5.41) is 4.61. The summed E-state index contributed by atoms with van der Waals surface area (Å²) in [5.74, 6) is -0.229. The number of halogens is 4. The van der Waals surface area contributed by atoms with Gasteiger partial charge in [-0.05, 0) is 55.7 Å². The molecule has 9 heteroatoms. The lowest BCUT2D eigenvalue weighted by atomic mass is 10.1. The minimum Gasteiger partial charge on any atom is -0.482 e. The zero-order valence-corrected chi connectivity index (χ0v) is 20.6. The van der Waals surface area contributed by atoms with E-state index in [4.69, 9.17) is 51.1 Å². The molecule has 0 spiro atoms. The van der Waals surface area contributed by atoms with Gasteiger partial charge in [0.25, 0.3) is 5.91 Å².